The van der Waals surface area contributed by atoms with Crippen molar-refractivity contribution in [3.8, 4) is 5.75 Å². The quantitative estimate of drug-likeness (QED) is 0.862. The molecule has 1 amide bonds. The summed E-state index contributed by atoms with van der Waals surface area (Å²) >= 11 is 0. The Morgan fingerprint density at radius 1 is 1.18 bits per heavy atom. The van der Waals surface area contributed by atoms with E-state index >= 15 is 0 Å². The number of hydrogen-bond donors (Lipinski definition) is 1. The molecule has 0 spiro atoms. The molecule has 1 aromatic rings. The van der Waals surface area contributed by atoms with E-state index in [1.54, 1.807) is 0 Å². The van der Waals surface area contributed by atoms with Gasteiger partial charge in [0.2, 0.25) is 0 Å². The molecule has 1 aromatic carbocycles. The lowest BCUT2D eigenvalue weighted by Gasteiger charge is -2.21. The Bertz CT molecular complexity index is 591. The van der Waals surface area contributed by atoms with Crippen LogP contribution in [0.25, 0.3) is 0 Å². The van der Waals surface area contributed by atoms with Crippen LogP contribution >= 0.6 is 0 Å². The Hall–Kier alpha value is -1.60. The number of nitrogens with one attached hydrogen (secondary N) is 1. The van der Waals surface area contributed by atoms with E-state index in [4.69, 9.17) is 9.47 Å². The Labute approximate surface area is 130 Å². The molecule has 22 heavy (non-hydrogen) atoms. The molecule has 7 heteroatoms. The van der Waals surface area contributed by atoms with E-state index < -0.39 is 15.9 Å². The molecule has 0 saturated heterocycles. The van der Waals surface area contributed by atoms with Gasteiger partial charge in [0.25, 0.3) is 15.9 Å². The molecule has 0 bridgehead atoms. The molecule has 0 atom stereocenters. The maximum Gasteiger partial charge on any atom is 0.264 e. The van der Waals surface area contributed by atoms with Crippen LogP contribution in [0.1, 0.15) is 32.1 Å². The molecule has 1 aliphatic rings. The van der Waals surface area contributed by atoms with Crippen molar-refractivity contribution in [2.24, 2.45) is 0 Å². The zero-order valence-electron chi connectivity index (χ0n) is 12.6. The zero-order valence-corrected chi connectivity index (χ0v) is 13.4. The number of ether oxygens (including phenoxy) is 2. The molecule has 0 aromatic heterocycles. The zero-order chi connectivity index (χ0) is 16.0. The van der Waals surface area contributed by atoms with E-state index in [0.29, 0.717) is 5.75 Å². The highest BCUT2D eigenvalue weighted by Crippen LogP contribution is 2.20. The van der Waals surface area contributed by atoms with E-state index in [9.17, 15) is 13.2 Å². The standard InChI is InChI=1S/C15H21NO5S/c1-20-12-7-9-14(10-8-12)22(18,19)16-15(17)11-21-13-5-3-2-4-6-13/h7-10,13H,2-6,11H2,1H3,(H,16,17). The van der Waals surface area contributed by atoms with Crippen LogP contribution in [0.15, 0.2) is 29.2 Å². The maximum absolute atomic E-state index is 12.1. The van der Waals surface area contributed by atoms with Crippen LogP contribution in [0.5, 0.6) is 5.75 Å². The first-order chi connectivity index (χ1) is 10.5. The van der Waals surface area contributed by atoms with Gasteiger partial charge >= 0.3 is 0 Å². The molecular weight excluding hydrogens is 306 g/mol. The summed E-state index contributed by atoms with van der Waals surface area (Å²) in [6.07, 6.45) is 5.30. The fraction of sp³-hybridized carbons (Fsp3) is 0.533. The average molecular weight is 327 g/mol. The van der Waals surface area contributed by atoms with Gasteiger partial charge in [-0.3, -0.25) is 4.79 Å². The number of carbonyl (C=O) groups is 1. The van der Waals surface area contributed by atoms with Crippen molar-refractivity contribution in [3.63, 3.8) is 0 Å². The van der Waals surface area contributed by atoms with Crippen LogP contribution in [-0.2, 0) is 19.6 Å². The highest BCUT2D eigenvalue weighted by Gasteiger charge is 2.20. The summed E-state index contributed by atoms with van der Waals surface area (Å²) in [6.45, 7) is -0.236. The van der Waals surface area contributed by atoms with Crippen LogP contribution in [0.3, 0.4) is 0 Å². The van der Waals surface area contributed by atoms with Gasteiger partial charge in [0.05, 0.1) is 18.1 Å². The molecule has 1 fully saturated rings. The van der Waals surface area contributed by atoms with E-state index in [1.165, 1.54) is 37.8 Å². The predicted octanol–water partition coefficient (Wildman–Crippen LogP) is 1.85. The Morgan fingerprint density at radius 2 is 1.82 bits per heavy atom. The number of rotatable bonds is 6. The van der Waals surface area contributed by atoms with Crippen molar-refractivity contribution in [2.45, 2.75) is 43.1 Å². The number of carbonyl (C=O) groups excluding carboxylic acids is 1. The van der Waals surface area contributed by atoms with E-state index in [2.05, 4.69) is 0 Å². The Kier molecular flexibility index (Phi) is 5.79. The summed E-state index contributed by atoms with van der Waals surface area (Å²) in [6, 6.07) is 5.82. The van der Waals surface area contributed by atoms with Gasteiger partial charge in [-0.05, 0) is 37.1 Å². The minimum Gasteiger partial charge on any atom is -0.497 e. The summed E-state index contributed by atoms with van der Waals surface area (Å²) in [5.74, 6) is -0.104. The lowest BCUT2D eigenvalue weighted by molar-refractivity contribution is -0.126. The smallest absolute Gasteiger partial charge is 0.264 e. The molecule has 0 radical (unpaired) electrons. The van der Waals surface area contributed by atoms with Crippen LogP contribution in [0, 0.1) is 0 Å². The maximum atomic E-state index is 12.1. The van der Waals surface area contributed by atoms with Gasteiger partial charge in [-0.2, -0.15) is 0 Å². The first kappa shape index (κ1) is 16.8. The molecule has 1 N–H and O–H groups in total. The van der Waals surface area contributed by atoms with Crippen molar-refractivity contribution in [1.29, 1.82) is 0 Å². The Morgan fingerprint density at radius 3 is 2.41 bits per heavy atom. The second-order valence-corrected chi connectivity index (χ2v) is 6.96. The fourth-order valence-electron chi connectivity index (χ4n) is 2.42. The lowest BCUT2D eigenvalue weighted by Crippen LogP contribution is -2.35. The van der Waals surface area contributed by atoms with E-state index in [1.807, 2.05) is 4.72 Å². The van der Waals surface area contributed by atoms with Crippen LogP contribution in [-0.4, -0.2) is 34.1 Å². The fourth-order valence-corrected chi connectivity index (χ4v) is 3.39. The number of benzene rings is 1. The Balaban J connectivity index is 1.88. The van der Waals surface area contributed by atoms with Crippen molar-refractivity contribution < 1.29 is 22.7 Å². The predicted molar refractivity (Wildman–Crippen MR) is 81.1 cm³/mol. The monoisotopic (exact) mass is 327 g/mol. The highest BCUT2D eigenvalue weighted by molar-refractivity contribution is 7.90. The molecule has 122 valence electrons. The summed E-state index contributed by atoms with van der Waals surface area (Å²) < 4.78 is 36.6. The van der Waals surface area contributed by atoms with Gasteiger partial charge in [0.1, 0.15) is 12.4 Å². The first-order valence-electron chi connectivity index (χ1n) is 7.32. The minimum absolute atomic E-state index is 0.0133. The normalized spacial score (nSPS) is 16.2. The van der Waals surface area contributed by atoms with Gasteiger partial charge in [-0.15, -0.1) is 0 Å². The molecule has 6 nitrogen and oxygen atoms in total. The van der Waals surface area contributed by atoms with Crippen molar-refractivity contribution in [1.82, 2.24) is 4.72 Å². The summed E-state index contributed by atoms with van der Waals surface area (Å²) in [5.41, 5.74) is 0. The number of methoxy groups -OCH3 is 1. The SMILES string of the molecule is COc1ccc(S(=O)(=O)NC(=O)COC2CCCCC2)cc1. The van der Waals surface area contributed by atoms with E-state index in [-0.39, 0.29) is 17.6 Å². The number of hydrogen-bond acceptors (Lipinski definition) is 5. The summed E-state index contributed by atoms with van der Waals surface area (Å²) in [4.78, 5) is 11.8. The molecular formula is C15H21NO5S. The van der Waals surface area contributed by atoms with Gasteiger partial charge in [0, 0.05) is 0 Å². The molecule has 0 unspecified atom stereocenters. The van der Waals surface area contributed by atoms with Gasteiger partial charge in [-0.25, -0.2) is 13.1 Å². The van der Waals surface area contributed by atoms with Gasteiger partial charge in [-0.1, -0.05) is 19.3 Å². The van der Waals surface area contributed by atoms with E-state index in [0.717, 1.165) is 25.7 Å². The van der Waals surface area contributed by atoms with Crippen LogP contribution in [0.4, 0.5) is 0 Å². The second kappa shape index (κ2) is 7.60. The highest BCUT2D eigenvalue weighted by atomic mass is 32.2. The van der Waals surface area contributed by atoms with Crippen molar-refractivity contribution in [2.75, 3.05) is 13.7 Å². The topological polar surface area (TPSA) is 81.7 Å². The number of sulfonamides is 1. The molecule has 0 heterocycles. The van der Waals surface area contributed by atoms with Crippen LogP contribution < -0.4 is 9.46 Å². The van der Waals surface area contributed by atoms with Crippen LogP contribution in [0.2, 0.25) is 0 Å². The third kappa shape index (κ3) is 4.71. The first-order valence-corrected chi connectivity index (χ1v) is 8.81. The largest absolute Gasteiger partial charge is 0.497 e. The summed E-state index contributed by atoms with van der Waals surface area (Å²) in [5, 5.41) is 0. The molecule has 1 aliphatic carbocycles. The molecule has 0 aliphatic heterocycles. The minimum atomic E-state index is -3.87. The number of amides is 1. The molecule has 1 saturated carbocycles. The third-order valence-electron chi connectivity index (χ3n) is 3.62. The average Bonchev–Trinajstić information content (AvgIpc) is 2.53. The second-order valence-electron chi connectivity index (χ2n) is 5.28. The van der Waals surface area contributed by atoms with Crippen molar-refractivity contribution in [3.05, 3.63) is 24.3 Å². The van der Waals surface area contributed by atoms with Gasteiger partial charge < -0.3 is 9.47 Å². The third-order valence-corrected chi connectivity index (χ3v) is 5.01. The van der Waals surface area contributed by atoms with Gasteiger partial charge in [0.15, 0.2) is 0 Å². The summed E-state index contributed by atoms with van der Waals surface area (Å²) in [7, 11) is -2.38. The van der Waals surface area contributed by atoms with Crippen molar-refractivity contribution >= 4 is 15.9 Å². The molecule has 2 rings (SSSR count). The lowest BCUT2D eigenvalue weighted by atomic mass is 9.98.